The Morgan fingerprint density at radius 2 is 2.12 bits per heavy atom. The smallest absolute Gasteiger partial charge is 0.0787 e. The van der Waals surface area contributed by atoms with Gasteiger partial charge in [-0.3, -0.25) is 0 Å². The van der Waals surface area contributed by atoms with E-state index >= 15 is 0 Å². The van der Waals surface area contributed by atoms with E-state index in [1.54, 1.807) is 0 Å². The molecule has 0 aromatic heterocycles. The molecule has 0 amide bonds. The molecule has 0 saturated carbocycles. The van der Waals surface area contributed by atoms with Crippen LogP contribution in [0.4, 0.5) is 5.69 Å². The summed E-state index contributed by atoms with van der Waals surface area (Å²) in [5.41, 5.74) is 3.82. The lowest BCUT2D eigenvalue weighted by Crippen LogP contribution is -2.35. The molecule has 1 aromatic rings. The molecule has 0 spiro atoms. The van der Waals surface area contributed by atoms with Crippen LogP contribution in [-0.2, 0) is 6.42 Å². The molecule has 1 aromatic carbocycles. The fourth-order valence-electron chi connectivity index (χ4n) is 2.63. The van der Waals surface area contributed by atoms with Gasteiger partial charge in [-0.2, -0.15) is 0 Å². The number of hydrogen-bond acceptors (Lipinski definition) is 2. The van der Waals surface area contributed by atoms with E-state index in [4.69, 9.17) is 0 Å². The Labute approximate surface area is 104 Å². The highest BCUT2D eigenvalue weighted by molar-refractivity contribution is 5.57. The average Bonchev–Trinajstić information content (AvgIpc) is 2.36. The van der Waals surface area contributed by atoms with Crippen LogP contribution in [0, 0.1) is 0 Å². The summed E-state index contributed by atoms with van der Waals surface area (Å²) in [6.07, 6.45) is 2.83. The normalized spacial score (nSPS) is 17.1. The third-order valence-electron chi connectivity index (χ3n) is 3.65. The minimum Gasteiger partial charge on any atom is -0.388 e. The third kappa shape index (κ3) is 2.47. The van der Waals surface area contributed by atoms with Crippen molar-refractivity contribution in [1.29, 1.82) is 0 Å². The van der Waals surface area contributed by atoms with Gasteiger partial charge in [-0.25, -0.2) is 0 Å². The topological polar surface area (TPSA) is 23.5 Å². The number of rotatable bonds is 3. The summed E-state index contributed by atoms with van der Waals surface area (Å²) in [4.78, 5) is 2.46. The Kier molecular flexibility index (Phi) is 3.72. The zero-order chi connectivity index (χ0) is 12.4. The fourth-order valence-corrected chi connectivity index (χ4v) is 2.63. The van der Waals surface area contributed by atoms with Crippen LogP contribution in [0.5, 0.6) is 0 Å². The number of benzene rings is 1. The van der Waals surface area contributed by atoms with Crippen molar-refractivity contribution in [2.24, 2.45) is 0 Å². The van der Waals surface area contributed by atoms with Gasteiger partial charge in [0.15, 0.2) is 0 Å². The van der Waals surface area contributed by atoms with Crippen molar-refractivity contribution >= 4 is 5.69 Å². The van der Waals surface area contributed by atoms with Crippen molar-refractivity contribution in [2.45, 2.75) is 52.2 Å². The van der Waals surface area contributed by atoms with E-state index in [9.17, 15) is 5.11 Å². The molecule has 17 heavy (non-hydrogen) atoms. The highest BCUT2D eigenvalue weighted by Crippen LogP contribution is 2.31. The second kappa shape index (κ2) is 5.09. The molecule has 1 N–H and O–H groups in total. The van der Waals surface area contributed by atoms with Crippen molar-refractivity contribution in [1.82, 2.24) is 0 Å². The quantitative estimate of drug-likeness (QED) is 0.866. The van der Waals surface area contributed by atoms with Gasteiger partial charge in [-0.1, -0.05) is 19.1 Å². The van der Waals surface area contributed by atoms with Gasteiger partial charge in [-0.05, 0) is 50.3 Å². The first-order valence-corrected chi connectivity index (χ1v) is 6.71. The molecule has 1 heterocycles. The van der Waals surface area contributed by atoms with E-state index in [1.165, 1.54) is 17.7 Å². The van der Waals surface area contributed by atoms with Gasteiger partial charge in [0.2, 0.25) is 0 Å². The molecule has 0 radical (unpaired) electrons. The van der Waals surface area contributed by atoms with E-state index in [1.807, 2.05) is 6.92 Å². The van der Waals surface area contributed by atoms with Gasteiger partial charge in [0.05, 0.1) is 6.10 Å². The van der Waals surface area contributed by atoms with E-state index in [2.05, 4.69) is 36.9 Å². The van der Waals surface area contributed by atoms with Crippen LogP contribution < -0.4 is 4.90 Å². The summed E-state index contributed by atoms with van der Waals surface area (Å²) in [5, 5.41) is 9.89. The number of aliphatic hydroxyl groups excluding tert-OH is 1. The molecule has 0 saturated heterocycles. The SMILES string of the molecule is CCC(O)c1ccc2c(c1)CCCN2C(C)C. The van der Waals surface area contributed by atoms with Gasteiger partial charge < -0.3 is 10.0 Å². The number of aryl methyl sites for hydroxylation is 1. The van der Waals surface area contributed by atoms with Crippen LogP contribution in [-0.4, -0.2) is 17.7 Å². The summed E-state index contributed by atoms with van der Waals surface area (Å²) in [7, 11) is 0. The molecule has 1 unspecified atom stereocenters. The van der Waals surface area contributed by atoms with Crippen molar-refractivity contribution in [3.63, 3.8) is 0 Å². The lowest BCUT2D eigenvalue weighted by molar-refractivity contribution is 0.173. The van der Waals surface area contributed by atoms with Gasteiger partial charge in [0.25, 0.3) is 0 Å². The molecular formula is C15H23NO. The Morgan fingerprint density at radius 1 is 1.35 bits per heavy atom. The van der Waals surface area contributed by atoms with Crippen LogP contribution in [0.15, 0.2) is 18.2 Å². The number of hydrogen-bond donors (Lipinski definition) is 1. The van der Waals surface area contributed by atoms with E-state index in [0.717, 1.165) is 24.9 Å². The molecular weight excluding hydrogens is 210 g/mol. The minimum atomic E-state index is -0.310. The maximum absolute atomic E-state index is 9.89. The monoisotopic (exact) mass is 233 g/mol. The second-order valence-electron chi connectivity index (χ2n) is 5.20. The predicted molar refractivity (Wildman–Crippen MR) is 72.5 cm³/mol. The van der Waals surface area contributed by atoms with Crippen LogP contribution in [0.2, 0.25) is 0 Å². The third-order valence-corrected chi connectivity index (χ3v) is 3.65. The lowest BCUT2D eigenvalue weighted by Gasteiger charge is -2.35. The standard InChI is InChI=1S/C15H23NO/c1-4-15(17)13-7-8-14-12(10-13)6-5-9-16(14)11(2)3/h7-8,10-11,15,17H,4-6,9H2,1-3H3. The fraction of sp³-hybridized carbons (Fsp3) is 0.600. The summed E-state index contributed by atoms with van der Waals surface area (Å²) < 4.78 is 0. The van der Waals surface area contributed by atoms with Gasteiger partial charge >= 0.3 is 0 Å². The number of anilines is 1. The van der Waals surface area contributed by atoms with E-state index in [-0.39, 0.29) is 6.10 Å². The Morgan fingerprint density at radius 3 is 2.76 bits per heavy atom. The highest BCUT2D eigenvalue weighted by Gasteiger charge is 2.19. The maximum Gasteiger partial charge on any atom is 0.0787 e. The molecule has 1 atom stereocenters. The molecule has 2 heteroatoms. The zero-order valence-corrected chi connectivity index (χ0v) is 11.1. The highest BCUT2D eigenvalue weighted by atomic mass is 16.3. The molecule has 2 nitrogen and oxygen atoms in total. The minimum absolute atomic E-state index is 0.310. The Bertz CT molecular complexity index is 387. The first-order chi connectivity index (χ1) is 8.13. The van der Waals surface area contributed by atoms with Gasteiger partial charge in [-0.15, -0.1) is 0 Å². The number of fused-ring (bicyclic) bond motifs is 1. The van der Waals surface area contributed by atoms with Gasteiger partial charge in [0.1, 0.15) is 0 Å². The summed E-state index contributed by atoms with van der Waals surface area (Å²) in [6, 6.07) is 7.00. The first kappa shape index (κ1) is 12.4. The first-order valence-electron chi connectivity index (χ1n) is 6.71. The molecule has 94 valence electrons. The van der Waals surface area contributed by atoms with Crippen molar-refractivity contribution < 1.29 is 5.11 Å². The molecule has 0 aliphatic carbocycles. The van der Waals surface area contributed by atoms with Crippen LogP contribution in [0.25, 0.3) is 0 Å². The van der Waals surface area contributed by atoms with Crippen LogP contribution >= 0.6 is 0 Å². The molecule has 1 aliphatic heterocycles. The van der Waals surface area contributed by atoms with Crippen LogP contribution in [0.1, 0.15) is 50.8 Å². The van der Waals surface area contributed by atoms with Crippen molar-refractivity contribution in [2.75, 3.05) is 11.4 Å². The Hall–Kier alpha value is -1.02. The molecule has 2 rings (SSSR count). The summed E-state index contributed by atoms with van der Waals surface area (Å²) in [5.74, 6) is 0. The van der Waals surface area contributed by atoms with Crippen molar-refractivity contribution in [3.05, 3.63) is 29.3 Å². The van der Waals surface area contributed by atoms with Crippen molar-refractivity contribution in [3.8, 4) is 0 Å². The van der Waals surface area contributed by atoms with Gasteiger partial charge in [0, 0.05) is 18.3 Å². The molecule has 0 fully saturated rings. The Balaban J connectivity index is 2.33. The number of aliphatic hydroxyl groups is 1. The predicted octanol–water partition coefficient (Wildman–Crippen LogP) is 3.29. The second-order valence-corrected chi connectivity index (χ2v) is 5.20. The van der Waals surface area contributed by atoms with E-state index < -0.39 is 0 Å². The zero-order valence-electron chi connectivity index (χ0n) is 11.1. The average molecular weight is 233 g/mol. The summed E-state index contributed by atoms with van der Waals surface area (Å²) in [6.45, 7) is 7.65. The van der Waals surface area contributed by atoms with Crippen LogP contribution in [0.3, 0.4) is 0 Å². The number of nitrogens with zero attached hydrogens (tertiary/aromatic N) is 1. The largest absolute Gasteiger partial charge is 0.388 e. The van der Waals surface area contributed by atoms with E-state index in [0.29, 0.717) is 6.04 Å². The molecule has 0 bridgehead atoms. The summed E-state index contributed by atoms with van der Waals surface area (Å²) >= 11 is 0. The molecule has 1 aliphatic rings. The lowest BCUT2D eigenvalue weighted by atomic mass is 9.96. The maximum atomic E-state index is 9.89.